The highest BCUT2D eigenvalue weighted by molar-refractivity contribution is 7.91. The van der Waals surface area contributed by atoms with Gasteiger partial charge in [0.05, 0.1) is 11.5 Å². The van der Waals surface area contributed by atoms with E-state index in [0.717, 1.165) is 38.4 Å². The molecule has 0 aromatic carbocycles. The molecule has 0 radical (unpaired) electrons. The SMILES string of the molecule is C=CCCCCCN(C)C(=NC)NCCN1CCS(=O)(=O)CC1. The van der Waals surface area contributed by atoms with Crippen LogP contribution >= 0.6 is 0 Å². The van der Waals surface area contributed by atoms with E-state index in [1.165, 1.54) is 12.8 Å². The van der Waals surface area contributed by atoms with E-state index in [-0.39, 0.29) is 11.5 Å². The largest absolute Gasteiger partial charge is 0.355 e. The van der Waals surface area contributed by atoms with Crippen molar-refractivity contribution in [3.63, 3.8) is 0 Å². The number of rotatable bonds is 9. The first-order valence-corrected chi connectivity index (χ1v) is 10.3. The van der Waals surface area contributed by atoms with Gasteiger partial charge in [0.25, 0.3) is 0 Å². The second kappa shape index (κ2) is 10.6. The Bertz CT molecular complexity index is 462. The van der Waals surface area contributed by atoms with Crippen molar-refractivity contribution in [1.29, 1.82) is 0 Å². The molecule has 0 unspecified atom stereocenters. The van der Waals surface area contributed by atoms with E-state index in [2.05, 4.69) is 33.7 Å². The molecule has 1 N–H and O–H groups in total. The Morgan fingerprint density at radius 3 is 2.61 bits per heavy atom. The van der Waals surface area contributed by atoms with Crippen LogP contribution in [0.25, 0.3) is 0 Å². The minimum absolute atomic E-state index is 0.284. The fraction of sp³-hybridized carbons (Fsp3) is 0.812. The van der Waals surface area contributed by atoms with Gasteiger partial charge in [-0.05, 0) is 19.3 Å². The molecule has 1 heterocycles. The van der Waals surface area contributed by atoms with Crippen LogP contribution in [0.1, 0.15) is 25.7 Å². The van der Waals surface area contributed by atoms with E-state index in [1.54, 1.807) is 7.05 Å². The van der Waals surface area contributed by atoms with Crippen LogP contribution in [0.5, 0.6) is 0 Å². The minimum Gasteiger partial charge on any atom is -0.355 e. The standard InChI is InChI=1S/C16H32N4O2S/c1-4-5-6-7-8-10-19(3)16(17-2)18-9-11-20-12-14-23(21,22)15-13-20/h4H,1,5-15H2,2-3H3,(H,17,18). The molecule has 1 aliphatic heterocycles. The zero-order chi connectivity index (χ0) is 17.1. The topological polar surface area (TPSA) is 65.0 Å². The number of aliphatic imine (C=N–C) groups is 1. The summed E-state index contributed by atoms with van der Waals surface area (Å²) in [5, 5.41) is 3.36. The monoisotopic (exact) mass is 344 g/mol. The molecule has 134 valence electrons. The molecule has 0 spiro atoms. The van der Waals surface area contributed by atoms with Crippen LogP contribution in [-0.2, 0) is 9.84 Å². The first-order valence-electron chi connectivity index (χ1n) is 8.44. The summed E-state index contributed by atoms with van der Waals surface area (Å²) in [6, 6.07) is 0. The first kappa shape index (κ1) is 20.0. The predicted molar refractivity (Wildman–Crippen MR) is 97.8 cm³/mol. The zero-order valence-corrected chi connectivity index (χ0v) is 15.4. The third-order valence-electron chi connectivity index (χ3n) is 4.12. The summed E-state index contributed by atoms with van der Waals surface area (Å²) in [6.07, 6.45) is 6.60. The highest BCUT2D eigenvalue weighted by Gasteiger charge is 2.21. The van der Waals surface area contributed by atoms with E-state index < -0.39 is 9.84 Å². The lowest BCUT2D eigenvalue weighted by molar-refractivity contribution is 0.298. The number of unbranched alkanes of at least 4 members (excludes halogenated alkanes) is 3. The van der Waals surface area contributed by atoms with Gasteiger partial charge in [-0.3, -0.25) is 9.89 Å². The van der Waals surface area contributed by atoms with Crippen LogP contribution in [0.4, 0.5) is 0 Å². The Balaban J connectivity index is 2.19. The van der Waals surface area contributed by atoms with Crippen molar-refractivity contribution in [2.45, 2.75) is 25.7 Å². The molecule has 7 heteroatoms. The molecule has 1 fully saturated rings. The van der Waals surface area contributed by atoms with Crippen LogP contribution in [0, 0.1) is 0 Å². The van der Waals surface area contributed by atoms with Crippen molar-refractivity contribution in [2.75, 3.05) is 58.3 Å². The maximum atomic E-state index is 11.4. The van der Waals surface area contributed by atoms with Gasteiger partial charge in [-0.25, -0.2) is 8.42 Å². The summed E-state index contributed by atoms with van der Waals surface area (Å²) in [7, 11) is 1.06. The number of hydrogen-bond acceptors (Lipinski definition) is 4. The van der Waals surface area contributed by atoms with Crippen molar-refractivity contribution in [2.24, 2.45) is 4.99 Å². The van der Waals surface area contributed by atoms with E-state index in [9.17, 15) is 8.42 Å². The Hall–Kier alpha value is -1.08. The van der Waals surface area contributed by atoms with Crippen molar-refractivity contribution in [1.82, 2.24) is 15.1 Å². The van der Waals surface area contributed by atoms with Gasteiger partial charge < -0.3 is 10.2 Å². The van der Waals surface area contributed by atoms with E-state index in [1.807, 2.05) is 6.08 Å². The molecule has 0 bridgehead atoms. The fourth-order valence-electron chi connectivity index (χ4n) is 2.60. The number of allylic oxidation sites excluding steroid dienone is 1. The summed E-state index contributed by atoms with van der Waals surface area (Å²) >= 11 is 0. The molecule has 0 saturated carbocycles. The number of nitrogens with one attached hydrogen (secondary N) is 1. The molecular formula is C16H32N4O2S. The van der Waals surface area contributed by atoms with Gasteiger partial charge in [-0.1, -0.05) is 12.5 Å². The number of nitrogens with zero attached hydrogens (tertiary/aromatic N) is 3. The molecule has 23 heavy (non-hydrogen) atoms. The van der Waals surface area contributed by atoms with Crippen LogP contribution < -0.4 is 5.32 Å². The maximum Gasteiger partial charge on any atom is 0.193 e. The molecule has 0 aliphatic carbocycles. The lowest BCUT2D eigenvalue weighted by atomic mass is 10.2. The zero-order valence-electron chi connectivity index (χ0n) is 14.6. The number of hydrogen-bond donors (Lipinski definition) is 1. The average Bonchev–Trinajstić information content (AvgIpc) is 2.52. The fourth-order valence-corrected chi connectivity index (χ4v) is 3.88. The Kier molecular flexibility index (Phi) is 9.24. The van der Waals surface area contributed by atoms with Crippen molar-refractivity contribution in [3.8, 4) is 0 Å². The molecule has 6 nitrogen and oxygen atoms in total. The van der Waals surface area contributed by atoms with Crippen molar-refractivity contribution < 1.29 is 8.42 Å². The number of sulfone groups is 1. The van der Waals surface area contributed by atoms with Gasteiger partial charge in [-0.15, -0.1) is 6.58 Å². The Morgan fingerprint density at radius 2 is 2.00 bits per heavy atom. The Morgan fingerprint density at radius 1 is 1.30 bits per heavy atom. The Labute approximate surface area is 141 Å². The van der Waals surface area contributed by atoms with Gasteiger partial charge in [0, 0.05) is 46.8 Å². The molecule has 0 aromatic rings. The third-order valence-corrected chi connectivity index (χ3v) is 5.73. The molecule has 0 aromatic heterocycles. The number of guanidine groups is 1. The molecule has 1 aliphatic rings. The van der Waals surface area contributed by atoms with E-state index >= 15 is 0 Å². The summed E-state index contributed by atoms with van der Waals surface area (Å²) in [6.45, 7) is 7.64. The van der Waals surface area contributed by atoms with Gasteiger partial charge in [0.2, 0.25) is 0 Å². The quantitative estimate of drug-likeness (QED) is 0.292. The van der Waals surface area contributed by atoms with Crippen LogP contribution in [0.3, 0.4) is 0 Å². The van der Waals surface area contributed by atoms with E-state index in [0.29, 0.717) is 13.1 Å². The minimum atomic E-state index is -2.79. The lowest BCUT2D eigenvalue weighted by Crippen LogP contribution is -2.46. The van der Waals surface area contributed by atoms with E-state index in [4.69, 9.17) is 0 Å². The first-order chi connectivity index (χ1) is 11.0. The highest BCUT2D eigenvalue weighted by Crippen LogP contribution is 2.03. The van der Waals surface area contributed by atoms with Crippen LogP contribution in [-0.4, -0.2) is 82.5 Å². The van der Waals surface area contributed by atoms with Gasteiger partial charge in [0.15, 0.2) is 15.8 Å². The molecular weight excluding hydrogens is 312 g/mol. The van der Waals surface area contributed by atoms with Gasteiger partial charge in [0.1, 0.15) is 0 Å². The molecule has 1 saturated heterocycles. The summed E-state index contributed by atoms with van der Waals surface area (Å²) in [4.78, 5) is 8.65. The lowest BCUT2D eigenvalue weighted by Gasteiger charge is -2.28. The summed E-state index contributed by atoms with van der Waals surface area (Å²) in [5.41, 5.74) is 0. The van der Waals surface area contributed by atoms with Crippen molar-refractivity contribution in [3.05, 3.63) is 12.7 Å². The summed E-state index contributed by atoms with van der Waals surface area (Å²) in [5.74, 6) is 1.47. The smallest absolute Gasteiger partial charge is 0.193 e. The molecule has 0 atom stereocenters. The highest BCUT2D eigenvalue weighted by atomic mass is 32.2. The van der Waals surface area contributed by atoms with Crippen LogP contribution in [0.2, 0.25) is 0 Å². The maximum absolute atomic E-state index is 11.4. The second-order valence-electron chi connectivity index (χ2n) is 6.03. The normalized spacial score (nSPS) is 18.6. The molecule has 0 amide bonds. The van der Waals surface area contributed by atoms with Gasteiger partial charge >= 0.3 is 0 Å². The average molecular weight is 345 g/mol. The predicted octanol–water partition coefficient (Wildman–Crippen LogP) is 0.970. The third kappa shape index (κ3) is 8.37. The second-order valence-corrected chi connectivity index (χ2v) is 8.33. The van der Waals surface area contributed by atoms with Crippen molar-refractivity contribution >= 4 is 15.8 Å². The summed E-state index contributed by atoms with van der Waals surface area (Å²) < 4.78 is 22.8. The van der Waals surface area contributed by atoms with Gasteiger partial charge in [-0.2, -0.15) is 0 Å². The van der Waals surface area contributed by atoms with Crippen LogP contribution in [0.15, 0.2) is 17.6 Å². The molecule has 1 rings (SSSR count).